The van der Waals surface area contributed by atoms with Gasteiger partial charge in [-0.15, -0.1) is 0 Å². The molecule has 0 heterocycles. The first-order valence-electron chi connectivity index (χ1n) is 17.5. The molecule has 39 heavy (non-hydrogen) atoms. The van der Waals surface area contributed by atoms with Crippen LogP contribution in [-0.4, -0.2) is 25.2 Å². The van der Waals surface area contributed by atoms with Crippen LogP contribution in [0, 0.1) is 11.8 Å². The summed E-state index contributed by atoms with van der Waals surface area (Å²) in [7, 11) is 0. The molecular weight excluding hydrogens is 484 g/mol. The molecule has 1 aliphatic rings. The minimum absolute atomic E-state index is 0.172. The van der Waals surface area contributed by atoms with Crippen LogP contribution in [0.4, 0.5) is 0 Å². The largest absolute Gasteiger partial charge is 0.465 e. The number of rotatable bonds is 27. The van der Waals surface area contributed by atoms with E-state index in [1.807, 2.05) is 0 Å². The fraction of sp³-hybridized carbons (Fsp3) is 0.943. The van der Waals surface area contributed by atoms with Gasteiger partial charge in [-0.25, -0.2) is 0 Å². The molecule has 2 atom stereocenters. The summed E-state index contributed by atoms with van der Waals surface area (Å²) in [4.78, 5) is 25.5. The van der Waals surface area contributed by atoms with Crippen molar-refractivity contribution in [2.24, 2.45) is 11.8 Å². The summed E-state index contributed by atoms with van der Waals surface area (Å²) >= 11 is 0. The Labute approximate surface area is 243 Å². The second-order valence-electron chi connectivity index (χ2n) is 12.3. The highest BCUT2D eigenvalue weighted by atomic mass is 16.5. The van der Waals surface area contributed by atoms with Crippen molar-refractivity contribution in [2.75, 3.05) is 13.2 Å². The van der Waals surface area contributed by atoms with Gasteiger partial charge in [-0.05, 0) is 25.7 Å². The van der Waals surface area contributed by atoms with E-state index < -0.39 is 0 Å². The van der Waals surface area contributed by atoms with Gasteiger partial charge in [0.2, 0.25) is 0 Å². The van der Waals surface area contributed by atoms with E-state index in [-0.39, 0.29) is 23.8 Å². The van der Waals surface area contributed by atoms with Gasteiger partial charge in [0.1, 0.15) is 0 Å². The molecule has 0 radical (unpaired) electrons. The van der Waals surface area contributed by atoms with Crippen molar-refractivity contribution in [2.45, 2.75) is 187 Å². The third kappa shape index (κ3) is 20.5. The molecule has 0 aliphatic heterocycles. The first kappa shape index (κ1) is 36.0. The highest BCUT2D eigenvalue weighted by molar-refractivity contribution is 5.82. The number of esters is 2. The van der Waals surface area contributed by atoms with Gasteiger partial charge in [0, 0.05) is 0 Å². The monoisotopic (exact) mass is 550 g/mol. The zero-order chi connectivity index (χ0) is 28.2. The molecule has 0 spiro atoms. The predicted molar refractivity (Wildman–Crippen MR) is 165 cm³/mol. The standard InChI is InChI=1S/C35H66O4/c1-3-5-7-9-11-13-15-17-19-21-23-27-31-39-35(37)33-29-25-24-28-32(33)34(36)38-30-26-22-20-18-16-14-12-10-8-6-4-2/h32-33H,3-31H2,1-2H3. The van der Waals surface area contributed by atoms with Crippen LogP contribution >= 0.6 is 0 Å². The molecule has 0 aromatic heterocycles. The highest BCUT2D eigenvalue weighted by Gasteiger charge is 2.37. The lowest BCUT2D eigenvalue weighted by molar-refractivity contribution is -0.163. The lowest BCUT2D eigenvalue weighted by atomic mass is 9.79. The Morgan fingerprint density at radius 2 is 0.692 bits per heavy atom. The fourth-order valence-corrected chi connectivity index (χ4v) is 5.96. The predicted octanol–water partition coefficient (Wildman–Crippen LogP) is 10.9. The van der Waals surface area contributed by atoms with Gasteiger partial charge in [-0.2, -0.15) is 0 Å². The zero-order valence-corrected chi connectivity index (χ0v) is 26.3. The molecule has 0 N–H and O–H groups in total. The van der Waals surface area contributed by atoms with Gasteiger partial charge in [0.05, 0.1) is 25.0 Å². The number of hydrogen-bond acceptors (Lipinski definition) is 4. The molecule has 0 saturated heterocycles. The summed E-state index contributed by atoms with van der Waals surface area (Å²) in [5, 5.41) is 0. The molecule has 1 aliphatic carbocycles. The average molecular weight is 551 g/mol. The fourth-order valence-electron chi connectivity index (χ4n) is 5.96. The Balaban J connectivity index is 2.04. The second kappa shape index (κ2) is 27.1. The molecule has 0 amide bonds. The van der Waals surface area contributed by atoms with Gasteiger partial charge in [-0.3, -0.25) is 9.59 Å². The minimum atomic E-state index is -0.305. The quantitative estimate of drug-likeness (QED) is 0.0754. The lowest BCUT2D eigenvalue weighted by Crippen LogP contribution is -2.35. The summed E-state index contributed by atoms with van der Waals surface area (Å²) in [5.74, 6) is -0.953. The van der Waals surface area contributed by atoms with E-state index in [2.05, 4.69) is 13.8 Å². The van der Waals surface area contributed by atoms with Crippen LogP contribution in [0.1, 0.15) is 187 Å². The number of unbranched alkanes of at least 4 members (excludes halogenated alkanes) is 21. The van der Waals surface area contributed by atoms with Crippen LogP contribution in [0.5, 0.6) is 0 Å². The summed E-state index contributed by atoms with van der Waals surface area (Å²) in [6, 6.07) is 0. The SMILES string of the molecule is CCCCCCCCCCCCCCOC(=O)C1CCCCC1C(=O)OCCCCCCCCCCCCC. The van der Waals surface area contributed by atoms with Crippen molar-refractivity contribution in [3.05, 3.63) is 0 Å². The van der Waals surface area contributed by atoms with E-state index in [0.717, 1.165) is 51.4 Å². The van der Waals surface area contributed by atoms with Crippen molar-refractivity contribution in [3.8, 4) is 0 Å². The van der Waals surface area contributed by atoms with Gasteiger partial charge in [-0.1, -0.05) is 162 Å². The second-order valence-corrected chi connectivity index (χ2v) is 12.3. The summed E-state index contributed by atoms with van der Waals surface area (Å²) in [5.41, 5.74) is 0. The highest BCUT2D eigenvalue weighted by Crippen LogP contribution is 2.32. The van der Waals surface area contributed by atoms with E-state index in [1.54, 1.807) is 0 Å². The summed E-state index contributed by atoms with van der Waals surface area (Å²) < 4.78 is 11.2. The van der Waals surface area contributed by atoms with Crippen molar-refractivity contribution in [1.29, 1.82) is 0 Å². The molecule has 4 nitrogen and oxygen atoms in total. The summed E-state index contributed by atoms with van der Waals surface area (Å²) in [6.07, 6.45) is 33.2. The number of ether oxygens (including phenoxy) is 2. The van der Waals surface area contributed by atoms with Gasteiger partial charge in [0.25, 0.3) is 0 Å². The van der Waals surface area contributed by atoms with Gasteiger partial charge in [0.15, 0.2) is 0 Å². The van der Waals surface area contributed by atoms with E-state index in [4.69, 9.17) is 9.47 Å². The number of carbonyl (C=O) groups excluding carboxylic acids is 2. The third-order valence-electron chi connectivity index (χ3n) is 8.61. The Bertz CT molecular complexity index is 561. The molecule has 0 aromatic carbocycles. The molecule has 1 saturated carbocycles. The molecular formula is C35H66O4. The van der Waals surface area contributed by atoms with Crippen LogP contribution in [-0.2, 0) is 19.1 Å². The Hall–Kier alpha value is -1.06. The van der Waals surface area contributed by atoms with Crippen molar-refractivity contribution < 1.29 is 19.1 Å². The zero-order valence-electron chi connectivity index (χ0n) is 26.3. The molecule has 230 valence electrons. The van der Waals surface area contributed by atoms with Crippen molar-refractivity contribution in [1.82, 2.24) is 0 Å². The van der Waals surface area contributed by atoms with Crippen LogP contribution in [0.3, 0.4) is 0 Å². The maximum Gasteiger partial charge on any atom is 0.309 e. The van der Waals surface area contributed by atoms with E-state index in [0.29, 0.717) is 13.2 Å². The molecule has 1 rings (SSSR count). The normalized spacial score (nSPS) is 17.3. The van der Waals surface area contributed by atoms with Crippen LogP contribution in [0.15, 0.2) is 0 Å². The molecule has 0 bridgehead atoms. The maximum atomic E-state index is 12.8. The van der Waals surface area contributed by atoms with Crippen molar-refractivity contribution in [3.63, 3.8) is 0 Å². The van der Waals surface area contributed by atoms with Gasteiger partial charge >= 0.3 is 11.9 Å². The summed E-state index contributed by atoms with van der Waals surface area (Å²) in [6.45, 7) is 5.52. The molecule has 1 fully saturated rings. The molecule has 0 aromatic rings. The Kier molecular flexibility index (Phi) is 25.0. The van der Waals surface area contributed by atoms with Crippen molar-refractivity contribution >= 4 is 11.9 Å². The van der Waals surface area contributed by atoms with E-state index in [1.165, 1.54) is 122 Å². The topological polar surface area (TPSA) is 52.6 Å². The smallest absolute Gasteiger partial charge is 0.309 e. The number of carbonyl (C=O) groups is 2. The average Bonchev–Trinajstić information content (AvgIpc) is 2.95. The van der Waals surface area contributed by atoms with E-state index in [9.17, 15) is 9.59 Å². The maximum absolute atomic E-state index is 12.8. The first-order valence-corrected chi connectivity index (χ1v) is 17.5. The van der Waals surface area contributed by atoms with Crippen LogP contribution < -0.4 is 0 Å². The van der Waals surface area contributed by atoms with Crippen LogP contribution in [0.2, 0.25) is 0 Å². The minimum Gasteiger partial charge on any atom is -0.465 e. The third-order valence-corrected chi connectivity index (χ3v) is 8.61. The molecule has 2 unspecified atom stereocenters. The first-order chi connectivity index (χ1) is 19.2. The van der Waals surface area contributed by atoms with Crippen LogP contribution in [0.25, 0.3) is 0 Å². The van der Waals surface area contributed by atoms with Gasteiger partial charge < -0.3 is 9.47 Å². The van der Waals surface area contributed by atoms with E-state index >= 15 is 0 Å². The molecule has 4 heteroatoms. The lowest BCUT2D eigenvalue weighted by Gasteiger charge is -2.28. The Morgan fingerprint density at radius 1 is 0.436 bits per heavy atom. The number of hydrogen-bond donors (Lipinski definition) is 0. The Morgan fingerprint density at radius 3 is 0.974 bits per heavy atom.